The number of nitrogens with one attached hydrogen (secondary N) is 1. The largest absolute Gasteiger partial charge is 0.454 e. The molecule has 8 unspecified atom stereocenters. The third kappa shape index (κ3) is 42.5. The van der Waals surface area contributed by atoms with Gasteiger partial charge in [0.1, 0.15) is 24.4 Å². The normalized spacial score (nSPS) is 19.2. The Morgan fingerprint density at radius 2 is 0.885 bits per heavy atom. The Morgan fingerprint density at radius 3 is 1.35 bits per heavy atom. The molecular weight excluding hydrogens is 979 g/mol. The highest BCUT2D eigenvalue weighted by molar-refractivity contribution is 5.80. The van der Waals surface area contributed by atoms with Gasteiger partial charge in [-0.3, -0.25) is 9.59 Å². The quantitative estimate of drug-likeness (QED) is 0.0195. The summed E-state index contributed by atoms with van der Waals surface area (Å²) in [6.07, 6.45) is 57.2. The Balaban J connectivity index is 2.64. The van der Waals surface area contributed by atoms with E-state index in [9.17, 15) is 35.1 Å². The van der Waals surface area contributed by atoms with E-state index in [1.807, 2.05) is 6.08 Å². The van der Waals surface area contributed by atoms with Crippen LogP contribution in [-0.2, 0) is 23.8 Å². The van der Waals surface area contributed by atoms with Crippen molar-refractivity contribution >= 4 is 11.9 Å². The van der Waals surface area contributed by atoms with Crippen LogP contribution >= 0.6 is 0 Å². The summed E-state index contributed by atoms with van der Waals surface area (Å²) in [5.41, 5.74) is 0. The maximum absolute atomic E-state index is 13.4. The average Bonchev–Trinajstić information content (AvgIpc) is 3.44. The zero-order chi connectivity index (χ0) is 56.8. The van der Waals surface area contributed by atoms with E-state index >= 15 is 0 Å². The second-order valence-electron chi connectivity index (χ2n) is 22.9. The van der Waals surface area contributed by atoms with E-state index in [1.165, 1.54) is 180 Å². The van der Waals surface area contributed by atoms with Crippen LogP contribution in [-0.4, -0.2) is 99.6 Å². The molecule has 1 aliphatic rings. The highest BCUT2D eigenvalue weighted by Crippen LogP contribution is 2.26. The van der Waals surface area contributed by atoms with E-state index in [4.69, 9.17) is 14.2 Å². The highest BCUT2D eigenvalue weighted by Gasteiger charge is 2.47. The molecule has 8 atom stereocenters. The summed E-state index contributed by atoms with van der Waals surface area (Å²) in [6, 6.07) is -1.03. The Hall–Kier alpha value is -2.38. The lowest BCUT2D eigenvalue weighted by Crippen LogP contribution is -2.61. The number of rotatable bonds is 56. The third-order valence-corrected chi connectivity index (χ3v) is 15.5. The minimum atomic E-state index is -1.62. The van der Waals surface area contributed by atoms with Crippen molar-refractivity contribution in [3.63, 3.8) is 0 Å². The average molecular weight is 1100 g/mol. The molecule has 1 amide bonds. The molecule has 0 aliphatic carbocycles. The topological polar surface area (TPSA) is 175 Å². The van der Waals surface area contributed by atoms with E-state index < -0.39 is 67.4 Å². The van der Waals surface area contributed by atoms with Crippen LogP contribution in [0.4, 0.5) is 0 Å². The minimum Gasteiger partial charge on any atom is -0.454 e. The van der Waals surface area contributed by atoms with Gasteiger partial charge in [0.15, 0.2) is 12.4 Å². The van der Waals surface area contributed by atoms with Crippen LogP contribution in [0.1, 0.15) is 303 Å². The first-order valence-electron chi connectivity index (χ1n) is 32.9. The van der Waals surface area contributed by atoms with Crippen LogP contribution < -0.4 is 5.32 Å². The molecule has 0 aromatic carbocycles. The molecule has 1 rings (SSSR count). The van der Waals surface area contributed by atoms with E-state index in [0.29, 0.717) is 12.8 Å². The van der Waals surface area contributed by atoms with Gasteiger partial charge in [-0.1, -0.05) is 281 Å². The van der Waals surface area contributed by atoms with Gasteiger partial charge in [-0.15, -0.1) is 0 Å². The van der Waals surface area contributed by atoms with Gasteiger partial charge in [0, 0.05) is 6.42 Å². The molecule has 0 radical (unpaired) electrons. The van der Waals surface area contributed by atoms with Crippen molar-refractivity contribution in [2.24, 2.45) is 0 Å². The van der Waals surface area contributed by atoms with Crippen LogP contribution in [0.5, 0.6) is 0 Å². The van der Waals surface area contributed by atoms with E-state index in [-0.39, 0.29) is 19.4 Å². The minimum absolute atomic E-state index is 0.125. The maximum atomic E-state index is 13.4. The second-order valence-corrected chi connectivity index (χ2v) is 22.9. The summed E-state index contributed by atoms with van der Waals surface area (Å²) in [6.45, 7) is 5.77. The van der Waals surface area contributed by atoms with Crippen LogP contribution in [0.15, 0.2) is 48.6 Å². The number of allylic oxidation sites excluding steroid dienone is 7. The van der Waals surface area contributed by atoms with Crippen LogP contribution in [0.25, 0.3) is 0 Å². The standard InChI is InChI=1S/C67H123NO10/c1-4-7-10-13-16-19-22-25-27-29-30-31-32-33-35-37-40-43-46-49-52-55-62(72)78-65-64(74)63(73)61(56-69)77-67(65)76-57-58(59(70)53-50-47-44-41-38-24-21-18-15-12-9-6-3)68-66(75)60(71)54-51-48-45-42-39-36-34-28-26-23-20-17-14-11-8-5-2/h17,20,26,28,36,39,50,53,58-61,63-65,67,69-71,73-74H,4-16,18-19,21-25,27,29-35,37-38,40-49,51-52,54-57H2,1-3H3,(H,68,75)/b20-17-,28-26-,39-36-,53-50+. The predicted molar refractivity (Wildman–Crippen MR) is 324 cm³/mol. The van der Waals surface area contributed by atoms with Crippen LogP contribution in [0.3, 0.4) is 0 Å². The molecule has 0 aromatic heterocycles. The molecule has 1 aliphatic heterocycles. The second kappa shape index (κ2) is 55.2. The number of aliphatic hydroxyl groups excluding tert-OH is 5. The van der Waals surface area contributed by atoms with E-state index in [2.05, 4.69) is 62.5 Å². The molecule has 78 heavy (non-hydrogen) atoms. The number of esters is 1. The number of aliphatic hydroxyl groups is 5. The van der Waals surface area contributed by atoms with Gasteiger partial charge in [-0.25, -0.2) is 0 Å². The Kier molecular flexibility index (Phi) is 52.1. The molecule has 1 fully saturated rings. The fraction of sp³-hybridized carbons (Fsp3) is 0.851. The van der Waals surface area contributed by atoms with Crippen molar-refractivity contribution in [1.82, 2.24) is 5.32 Å². The number of unbranched alkanes of at least 4 members (excludes halogenated alkanes) is 36. The van der Waals surface area contributed by atoms with E-state index in [0.717, 1.165) is 77.0 Å². The van der Waals surface area contributed by atoms with Crippen molar-refractivity contribution in [2.75, 3.05) is 13.2 Å². The van der Waals surface area contributed by atoms with Crippen molar-refractivity contribution < 1.29 is 49.3 Å². The Morgan fingerprint density at radius 1 is 0.500 bits per heavy atom. The zero-order valence-corrected chi connectivity index (χ0v) is 50.5. The van der Waals surface area contributed by atoms with Crippen molar-refractivity contribution in [3.05, 3.63) is 48.6 Å². The maximum Gasteiger partial charge on any atom is 0.306 e. The molecule has 456 valence electrons. The smallest absolute Gasteiger partial charge is 0.306 e. The van der Waals surface area contributed by atoms with Gasteiger partial charge in [0.05, 0.1) is 25.4 Å². The van der Waals surface area contributed by atoms with Crippen LogP contribution in [0, 0.1) is 0 Å². The van der Waals surface area contributed by atoms with Crippen LogP contribution in [0.2, 0.25) is 0 Å². The number of hydrogen-bond donors (Lipinski definition) is 6. The highest BCUT2D eigenvalue weighted by atomic mass is 16.7. The zero-order valence-electron chi connectivity index (χ0n) is 50.5. The first kappa shape index (κ1) is 73.6. The lowest BCUT2D eigenvalue weighted by Gasteiger charge is -2.41. The first-order chi connectivity index (χ1) is 38.2. The number of hydrogen-bond acceptors (Lipinski definition) is 10. The summed E-state index contributed by atoms with van der Waals surface area (Å²) in [7, 11) is 0. The monoisotopic (exact) mass is 1100 g/mol. The summed E-state index contributed by atoms with van der Waals surface area (Å²) in [4.78, 5) is 26.6. The molecular formula is C67H123NO10. The molecule has 0 spiro atoms. The first-order valence-corrected chi connectivity index (χ1v) is 32.9. The number of carbonyl (C=O) groups is 2. The van der Waals surface area contributed by atoms with Crippen molar-refractivity contribution in [1.29, 1.82) is 0 Å². The number of amides is 1. The Bertz CT molecular complexity index is 1450. The SMILES string of the molecule is CCCCC/C=C\C/C=C\C/C=C\CCCCCC(O)C(=O)NC(COC1OC(CO)C(O)C(O)C1OC(=O)CCCCCCCCCCCCCCCCCCCCCCC)C(O)/C=C/CCCCCCCCCCCC. The number of ether oxygens (including phenoxy) is 3. The molecule has 11 heteroatoms. The lowest BCUT2D eigenvalue weighted by molar-refractivity contribution is -0.305. The van der Waals surface area contributed by atoms with Gasteiger partial charge in [-0.05, 0) is 64.2 Å². The molecule has 1 heterocycles. The van der Waals surface area contributed by atoms with Gasteiger partial charge >= 0.3 is 5.97 Å². The lowest BCUT2D eigenvalue weighted by atomic mass is 9.99. The predicted octanol–water partition coefficient (Wildman–Crippen LogP) is 16.0. The molecule has 1 saturated heterocycles. The molecule has 0 aromatic rings. The summed E-state index contributed by atoms with van der Waals surface area (Å²) >= 11 is 0. The summed E-state index contributed by atoms with van der Waals surface area (Å²) < 4.78 is 17.6. The molecule has 11 nitrogen and oxygen atoms in total. The van der Waals surface area contributed by atoms with E-state index in [1.54, 1.807) is 6.08 Å². The summed E-state index contributed by atoms with van der Waals surface area (Å²) in [5.74, 6) is -1.21. The van der Waals surface area contributed by atoms with Crippen molar-refractivity contribution in [3.8, 4) is 0 Å². The molecule has 0 saturated carbocycles. The van der Waals surface area contributed by atoms with Crippen molar-refractivity contribution in [2.45, 2.75) is 352 Å². The van der Waals surface area contributed by atoms with Gasteiger partial charge in [0.25, 0.3) is 0 Å². The summed E-state index contributed by atoms with van der Waals surface area (Å²) in [5, 5.41) is 57.0. The van der Waals surface area contributed by atoms with Gasteiger partial charge in [0.2, 0.25) is 5.91 Å². The third-order valence-electron chi connectivity index (χ3n) is 15.5. The number of carbonyl (C=O) groups excluding carboxylic acids is 2. The fourth-order valence-electron chi connectivity index (χ4n) is 10.2. The fourth-order valence-corrected chi connectivity index (χ4v) is 10.2. The van der Waals surface area contributed by atoms with Gasteiger partial charge in [-0.2, -0.15) is 0 Å². The Labute approximate surface area is 478 Å². The molecule has 6 N–H and O–H groups in total. The van der Waals surface area contributed by atoms with Gasteiger partial charge < -0.3 is 45.1 Å². The molecule has 0 bridgehead atoms.